The standard InChI is InChI=1S/C55H36N4O2/c1-35-30-36(37-31-39(56-28-26-54(60)44-15-5-7-17-48(44)56)33-40(32-37)57-29-27-55(61)45-16-6-8-18-49(45)57)22-24-47(35)59-52-21-11-4-14-43(52)46-34-38(23-25-53(46)59)58-50-19-9-2-12-41(50)42-13-3-10-20-51(42)58/h2-34H,1H3. The fourth-order valence-corrected chi connectivity index (χ4v) is 9.55. The van der Waals surface area contributed by atoms with Gasteiger partial charge in [0.1, 0.15) is 0 Å². The zero-order valence-electron chi connectivity index (χ0n) is 33.2. The fourth-order valence-electron chi connectivity index (χ4n) is 9.55. The molecule has 0 N–H and O–H groups in total. The molecule has 61 heavy (non-hydrogen) atoms. The van der Waals surface area contributed by atoms with Gasteiger partial charge in [-0.05, 0) is 115 Å². The summed E-state index contributed by atoms with van der Waals surface area (Å²) in [4.78, 5) is 25.9. The summed E-state index contributed by atoms with van der Waals surface area (Å²) >= 11 is 0. The molecule has 0 radical (unpaired) electrons. The summed E-state index contributed by atoms with van der Waals surface area (Å²) < 4.78 is 8.91. The smallest absolute Gasteiger partial charge is 0.189 e. The maximum atomic E-state index is 13.0. The van der Waals surface area contributed by atoms with Crippen LogP contribution in [0, 0.1) is 6.92 Å². The molecule has 0 fully saturated rings. The SMILES string of the molecule is Cc1cc(-c2cc(-n3ccc(=O)c4ccccc43)cc(-n3ccc(=O)c4ccccc43)c2)ccc1-n1c2ccccc2c2cc(-n3c4ccccc4c4ccccc43)ccc21. The average Bonchev–Trinajstić information content (AvgIpc) is 3.82. The number of hydrogen-bond acceptors (Lipinski definition) is 2. The van der Waals surface area contributed by atoms with Crippen molar-refractivity contribution in [2.45, 2.75) is 6.92 Å². The van der Waals surface area contributed by atoms with Gasteiger partial charge >= 0.3 is 0 Å². The van der Waals surface area contributed by atoms with Crippen molar-refractivity contribution >= 4 is 65.4 Å². The predicted molar refractivity (Wildman–Crippen MR) is 251 cm³/mol. The van der Waals surface area contributed by atoms with Crippen LogP contribution in [0.4, 0.5) is 0 Å². The minimum atomic E-state index is -0.0196. The molecule has 288 valence electrons. The van der Waals surface area contributed by atoms with E-state index in [0.717, 1.165) is 61.5 Å². The lowest BCUT2D eigenvalue weighted by atomic mass is 10.00. The van der Waals surface area contributed by atoms with Crippen molar-refractivity contribution in [3.8, 4) is 33.9 Å². The van der Waals surface area contributed by atoms with Crippen molar-refractivity contribution in [1.29, 1.82) is 0 Å². The Kier molecular flexibility index (Phi) is 7.65. The van der Waals surface area contributed by atoms with Gasteiger partial charge in [-0.2, -0.15) is 0 Å². The number of rotatable bonds is 5. The van der Waals surface area contributed by atoms with Crippen LogP contribution in [0.5, 0.6) is 0 Å². The van der Waals surface area contributed by atoms with Crippen LogP contribution in [0.2, 0.25) is 0 Å². The van der Waals surface area contributed by atoms with Crippen molar-refractivity contribution in [3.05, 3.63) is 226 Å². The van der Waals surface area contributed by atoms with Crippen LogP contribution in [0.25, 0.3) is 99.3 Å². The summed E-state index contributed by atoms with van der Waals surface area (Å²) in [6, 6.07) is 64.6. The van der Waals surface area contributed by atoms with Gasteiger partial charge in [0.05, 0.1) is 33.1 Å². The number of nitrogens with zero attached hydrogens (tertiary/aromatic N) is 4. The van der Waals surface area contributed by atoms with Gasteiger partial charge in [0.25, 0.3) is 0 Å². The molecule has 12 rings (SSSR count). The Hall–Kier alpha value is -8.22. The molecule has 0 unspecified atom stereocenters. The van der Waals surface area contributed by atoms with Gasteiger partial charge in [0.2, 0.25) is 0 Å². The van der Waals surface area contributed by atoms with E-state index in [-0.39, 0.29) is 10.9 Å². The molecule has 0 saturated carbocycles. The summed E-state index contributed by atoms with van der Waals surface area (Å²) in [7, 11) is 0. The molecule has 6 nitrogen and oxygen atoms in total. The highest BCUT2D eigenvalue weighted by Crippen LogP contribution is 2.38. The van der Waals surface area contributed by atoms with Gasteiger partial charge in [-0.25, -0.2) is 0 Å². The molecule has 0 amide bonds. The Balaban J connectivity index is 1.04. The molecule has 0 aliphatic heterocycles. The Morgan fingerprint density at radius 3 is 1.33 bits per heavy atom. The number of para-hydroxylation sites is 5. The molecule has 4 aromatic heterocycles. The van der Waals surface area contributed by atoms with E-state index in [0.29, 0.717) is 10.8 Å². The van der Waals surface area contributed by atoms with E-state index in [9.17, 15) is 9.59 Å². The highest BCUT2D eigenvalue weighted by molar-refractivity contribution is 6.12. The van der Waals surface area contributed by atoms with Gasteiger partial charge in [0, 0.05) is 79.6 Å². The lowest BCUT2D eigenvalue weighted by molar-refractivity contribution is 1.06. The number of benzene rings is 8. The second-order valence-corrected chi connectivity index (χ2v) is 15.8. The molecule has 0 saturated heterocycles. The van der Waals surface area contributed by atoms with Crippen molar-refractivity contribution in [1.82, 2.24) is 18.3 Å². The maximum Gasteiger partial charge on any atom is 0.189 e. The predicted octanol–water partition coefficient (Wildman–Crippen LogP) is 12.5. The molecule has 0 aliphatic rings. The van der Waals surface area contributed by atoms with Gasteiger partial charge in [-0.1, -0.05) is 84.9 Å². The van der Waals surface area contributed by atoms with E-state index >= 15 is 0 Å². The molecule has 8 aromatic carbocycles. The summed E-state index contributed by atoms with van der Waals surface area (Å²) in [5, 5.41) is 6.18. The Morgan fingerprint density at radius 1 is 0.328 bits per heavy atom. The van der Waals surface area contributed by atoms with Crippen LogP contribution in [0.1, 0.15) is 5.56 Å². The van der Waals surface area contributed by atoms with E-state index in [4.69, 9.17) is 0 Å². The van der Waals surface area contributed by atoms with E-state index in [2.05, 4.69) is 153 Å². The number of aromatic nitrogens is 4. The molecule has 0 aliphatic carbocycles. The van der Waals surface area contributed by atoms with Crippen LogP contribution in [0.3, 0.4) is 0 Å². The van der Waals surface area contributed by atoms with Crippen molar-refractivity contribution < 1.29 is 0 Å². The maximum absolute atomic E-state index is 13.0. The molecule has 0 bridgehead atoms. The molecule has 12 aromatic rings. The van der Waals surface area contributed by atoms with Gasteiger partial charge in [0.15, 0.2) is 10.9 Å². The third-order valence-corrected chi connectivity index (χ3v) is 12.3. The number of fused-ring (bicyclic) bond motifs is 8. The fraction of sp³-hybridized carbons (Fsp3) is 0.0182. The minimum Gasteiger partial charge on any atom is -0.316 e. The number of aryl methyl sites for hydroxylation is 1. The van der Waals surface area contributed by atoms with Crippen molar-refractivity contribution in [2.24, 2.45) is 0 Å². The summed E-state index contributed by atoms with van der Waals surface area (Å²) in [5.41, 5.74) is 13.5. The topological polar surface area (TPSA) is 53.9 Å². The van der Waals surface area contributed by atoms with E-state index in [1.807, 2.05) is 60.9 Å². The van der Waals surface area contributed by atoms with Crippen LogP contribution in [0.15, 0.2) is 210 Å². The van der Waals surface area contributed by atoms with Gasteiger partial charge in [-0.3, -0.25) is 9.59 Å². The third kappa shape index (κ3) is 5.36. The van der Waals surface area contributed by atoms with Crippen molar-refractivity contribution in [2.75, 3.05) is 0 Å². The first-order valence-electron chi connectivity index (χ1n) is 20.5. The van der Waals surface area contributed by atoms with Gasteiger partial charge in [-0.15, -0.1) is 0 Å². The van der Waals surface area contributed by atoms with Gasteiger partial charge < -0.3 is 18.3 Å². The highest BCUT2D eigenvalue weighted by atomic mass is 16.1. The Bertz CT molecular complexity index is 3740. The largest absolute Gasteiger partial charge is 0.316 e. The summed E-state index contributed by atoms with van der Waals surface area (Å²) in [6.45, 7) is 2.18. The highest BCUT2D eigenvalue weighted by Gasteiger charge is 2.18. The van der Waals surface area contributed by atoms with Crippen LogP contribution in [-0.2, 0) is 0 Å². The zero-order chi connectivity index (χ0) is 40.8. The Labute approximate surface area is 349 Å². The second kappa shape index (κ2) is 13.4. The lowest BCUT2D eigenvalue weighted by Gasteiger charge is -2.18. The van der Waals surface area contributed by atoms with Crippen LogP contribution < -0.4 is 10.9 Å². The molecular formula is C55H36N4O2. The van der Waals surface area contributed by atoms with E-state index in [1.54, 1.807) is 12.1 Å². The lowest BCUT2D eigenvalue weighted by Crippen LogP contribution is -2.09. The molecule has 6 heteroatoms. The Morgan fingerprint density at radius 2 is 0.787 bits per heavy atom. The first-order valence-corrected chi connectivity index (χ1v) is 20.5. The first-order chi connectivity index (χ1) is 30.0. The van der Waals surface area contributed by atoms with Crippen LogP contribution >= 0.6 is 0 Å². The monoisotopic (exact) mass is 784 g/mol. The average molecular weight is 785 g/mol. The minimum absolute atomic E-state index is 0.0196. The summed E-state index contributed by atoms with van der Waals surface area (Å²) in [5.74, 6) is 0. The molecule has 0 spiro atoms. The number of hydrogen-bond donors (Lipinski definition) is 0. The molecular weight excluding hydrogens is 749 g/mol. The summed E-state index contributed by atoms with van der Waals surface area (Å²) in [6.07, 6.45) is 3.70. The van der Waals surface area contributed by atoms with Crippen molar-refractivity contribution in [3.63, 3.8) is 0 Å². The first kappa shape index (κ1) is 34.8. The van der Waals surface area contributed by atoms with E-state index in [1.165, 1.54) is 32.6 Å². The molecule has 4 heterocycles. The quantitative estimate of drug-likeness (QED) is 0.175. The third-order valence-electron chi connectivity index (χ3n) is 12.3. The van der Waals surface area contributed by atoms with Crippen LogP contribution in [-0.4, -0.2) is 18.3 Å². The van der Waals surface area contributed by atoms with E-state index < -0.39 is 0 Å². The zero-order valence-corrected chi connectivity index (χ0v) is 33.2. The number of pyridine rings is 2. The normalized spacial score (nSPS) is 11.8. The second-order valence-electron chi connectivity index (χ2n) is 15.8. The molecule has 0 atom stereocenters.